The average molecular weight is 255 g/mol. The van der Waals surface area contributed by atoms with Crippen molar-refractivity contribution in [3.63, 3.8) is 0 Å². The molecule has 2 rings (SSSR count). The van der Waals surface area contributed by atoms with Crippen LogP contribution in [0.15, 0.2) is 47.5 Å². The monoisotopic (exact) mass is 254 g/mol. The first-order valence-corrected chi connectivity index (χ1v) is 5.50. The predicted octanol–water partition coefficient (Wildman–Crippen LogP) is 3.85. The highest BCUT2D eigenvalue weighted by Crippen LogP contribution is 2.29. The third-order valence-electron chi connectivity index (χ3n) is 2.45. The first-order chi connectivity index (χ1) is 8.74. The van der Waals surface area contributed by atoms with Crippen molar-refractivity contribution in [2.24, 2.45) is 4.99 Å². The number of nitriles is 1. The highest BCUT2D eigenvalue weighted by Gasteiger charge is 2.04. The molecule has 0 radical (unpaired) electrons. The Kier molecular flexibility index (Phi) is 3.54. The van der Waals surface area contributed by atoms with E-state index in [1.807, 2.05) is 18.2 Å². The maximum Gasteiger partial charge on any atom is 0.240 e. The number of hydrogen-bond donors (Lipinski definition) is 0. The maximum absolute atomic E-state index is 10.1. The zero-order chi connectivity index (χ0) is 13.0. The molecule has 0 aliphatic heterocycles. The summed E-state index contributed by atoms with van der Waals surface area (Å²) >= 11 is 6.11. The normalized spacial score (nSPS) is 9.33. The summed E-state index contributed by atoms with van der Waals surface area (Å²) in [6.45, 7) is 0. The third kappa shape index (κ3) is 2.46. The second kappa shape index (κ2) is 5.29. The first kappa shape index (κ1) is 12.1. The number of benzene rings is 2. The van der Waals surface area contributed by atoms with E-state index in [1.54, 1.807) is 30.3 Å². The number of hydrogen-bond acceptors (Lipinski definition) is 3. The van der Waals surface area contributed by atoms with E-state index in [1.165, 1.54) is 6.08 Å². The molecule has 0 spiro atoms. The lowest BCUT2D eigenvalue weighted by molar-refractivity contribution is 0.565. The SMILES string of the molecule is N#Cc1ccc(-c2ccc(N=C=O)cc2)c(Cl)c1. The molecule has 0 N–H and O–H groups in total. The van der Waals surface area contributed by atoms with E-state index in [-0.39, 0.29) is 0 Å². The van der Waals surface area contributed by atoms with E-state index in [9.17, 15) is 4.79 Å². The van der Waals surface area contributed by atoms with Gasteiger partial charge in [-0.25, -0.2) is 4.79 Å². The first-order valence-electron chi connectivity index (χ1n) is 5.12. The van der Waals surface area contributed by atoms with Crippen LogP contribution in [0.25, 0.3) is 11.1 Å². The molecule has 0 aromatic heterocycles. The van der Waals surface area contributed by atoms with Crippen LogP contribution in [0.5, 0.6) is 0 Å². The van der Waals surface area contributed by atoms with Gasteiger partial charge in [-0.1, -0.05) is 29.8 Å². The van der Waals surface area contributed by atoms with Crippen molar-refractivity contribution in [3.8, 4) is 17.2 Å². The van der Waals surface area contributed by atoms with Gasteiger partial charge in [0.15, 0.2) is 0 Å². The molecule has 0 saturated heterocycles. The summed E-state index contributed by atoms with van der Waals surface area (Å²) in [6, 6.07) is 14.2. The van der Waals surface area contributed by atoms with E-state index in [2.05, 4.69) is 4.99 Å². The Morgan fingerprint density at radius 2 is 1.83 bits per heavy atom. The Morgan fingerprint density at radius 3 is 2.39 bits per heavy atom. The molecule has 0 fully saturated rings. The number of halogens is 1. The minimum Gasteiger partial charge on any atom is -0.211 e. The fourth-order valence-electron chi connectivity index (χ4n) is 1.59. The average Bonchev–Trinajstić information content (AvgIpc) is 2.40. The molecule has 0 saturated carbocycles. The highest BCUT2D eigenvalue weighted by molar-refractivity contribution is 6.33. The Labute approximate surface area is 109 Å². The molecule has 0 amide bonds. The molecule has 3 nitrogen and oxygen atoms in total. The highest BCUT2D eigenvalue weighted by atomic mass is 35.5. The van der Waals surface area contributed by atoms with Crippen LogP contribution < -0.4 is 0 Å². The van der Waals surface area contributed by atoms with Gasteiger partial charge in [-0.2, -0.15) is 10.3 Å². The lowest BCUT2D eigenvalue weighted by atomic mass is 10.0. The molecule has 18 heavy (non-hydrogen) atoms. The molecule has 2 aromatic rings. The Hall–Kier alpha value is -2.40. The number of carbonyl (C=O) groups excluding carboxylic acids is 1. The number of isocyanates is 1. The van der Waals surface area contributed by atoms with Gasteiger partial charge in [0, 0.05) is 10.6 Å². The molecule has 0 atom stereocenters. The molecule has 0 heterocycles. The lowest BCUT2D eigenvalue weighted by Crippen LogP contribution is -1.81. The van der Waals surface area contributed by atoms with Crippen LogP contribution >= 0.6 is 11.6 Å². The predicted molar refractivity (Wildman–Crippen MR) is 69.4 cm³/mol. The second-order valence-corrected chi connectivity index (χ2v) is 3.96. The van der Waals surface area contributed by atoms with Crippen molar-refractivity contribution < 1.29 is 4.79 Å². The maximum atomic E-state index is 10.1. The molecular weight excluding hydrogens is 248 g/mol. The fourth-order valence-corrected chi connectivity index (χ4v) is 1.88. The van der Waals surface area contributed by atoms with Gasteiger partial charge in [0.1, 0.15) is 0 Å². The van der Waals surface area contributed by atoms with E-state index in [0.29, 0.717) is 16.3 Å². The lowest BCUT2D eigenvalue weighted by Gasteiger charge is -2.04. The van der Waals surface area contributed by atoms with Gasteiger partial charge in [-0.05, 0) is 29.8 Å². The summed E-state index contributed by atoms with van der Waals surface area (Å²) in [6.07, 6.45) is 1.48. The van der Waals surface area contributed by atoms with Crippen LogP contribution in [0, 0.1) is 11.3 Å². The van der Waals surface area contributed by atoms with Gasteiger partial charge in [-0.15, -0.1) is 0 Å². The smallest absolute Gasteiger partial charge is 0.211 e. The van der Waals surface area contributed by atoms with E-state index < -0.39 is 0 Å². The van der Waals surface area contributed by atoms with Gasteiger partial charge in [0.25, 0.3) is 0 Å². The largest absolute Gasteiger partial charge is 0.240 e. The van der Waals surface area contributed by atoms with Crippen molar-refractivity contribution in [1.29, 1.82) is 5.26 Å². The quantitative estimate of drug-likeness (QED) is 0.604. The molecule has 4 heteroatoms. The second-order valence-electron chi connectivity index (χ2n) is 3.56. The summed E-state index contributed by atoms with van der Waals surface area (Å²) in [4.78, 5) is 13.6. The number of aliphatic imine (C=N–C) groups is 1. The van der Waals surface area contributed by atoms with Crippen molar-refractivity contribution in [2.75, 3.05) is 0 Å². The van der Waals surface area contributed by atoms with Crippen LogP contribution in [0.3, 0.4) is 0 Å². The Balaban J connectivity index is 2.43. The number of nitrogens with zero attached hydrogens (tertiary/aromatic N) is 2. The topological polar surface area (TPSA) is 53.2 Å². The van der Waals surface area contributed by atoms with Gasteiger partial charge in [0.2, 0.25) is 6.08 Å². The molecule has 0 bridgehead atoms. The van der Waals surface area contributed by atoms with Gasteiger partial charge in [0.05, 0.1) is 17.3 Å². The summed E-state index contributed by atoms with van der Waals surface area (Å²) in [5.74, 6) is 0. The van der Waals surface area contributed by atoms with E-state index in [4.69, 9.17) is 16.9 Å². The van der Waals surface area contributed by atoms with Gasteiger partial charge >= 0.3 is 0 Å². The Morgan fingerprint density at radius 1 is 1.11 bits per heavy atom. The zero-order valence-electron chi connectivity index (χ0n) is 9.22. The number of rotatable bonds is 2. The van der Waals surface area contributed by atoms with E-state index in [0.717, 1.165) is 11.1 Å². The standard InChI is InChI=1S/C14H7ClN2O/c15-14-7-10(8-16)1-6-13(14)11-2-4-12(5-3-11)17-9-18/h1-7H. The molecule has 2 aromatic carbocycles. The minimum absolute atomic E-state index is 0.515. The van der Waals surface area contributed by atoms with Gasteiger partial charge < -0.3 is 0 Å². The van der Waals surface area contributed by atoms with Crippen molar-refractivity contribution in [3.05, 3.63) is 53.1 Å². The molecular formula is C14H7ClN2O. The fraction of sp³-hybridized carbons (Fsp3) is 0. The summed E-state index contributed by atoms with van der Waals surface area (Å²) in [7, 11) is 0. The Bertz CT molecular complexity index is 665. The minimum atomic E-state index is 0.515. The molecule has 86 valence electrons. The summed E-state index contributed by atoms with van der Waals surface area (Å²) in [5.41, 5.74) is 2.79. The van der Waals surface area contributed by atoms with Crippen LogP contribution in [-0.2, 0) is 4.79 Å². The van der Waals surface area contributed by atoms with Gasteiger partial charge in [-0.3, -0.25) is 0 Å². The summed E-state index contributed by atoms with van der Waals surface area (Å²) < 4.78 is 0. The van der Waals surface area contributed by atoms with Crippen LogP contribution in [-0.4, -0.2) is 6.08 Å². The molecule has 0 unspecified atom stereocenters. The van der Waals surface area contributed by atoms with Crippen molar-refractivity contribution in [1.82, 2.24) is 0 Å². The summed E-state index contributed by atoms with van der Waals surface area (Å²) in [5, 5.41) is 9.28. The van der Waals surface area contributed by atoms with Crippen LogP contribution in [0.1, 0.15) is 5.56 Å². The van der Waals surface area contributed by atoms with Crippen LogP contribution in [0.2, 0.25) is 5.02 Å². The third-order valence-corrected chi connectivity index (χ3v) is 2.76. The van der Waals surface area contributed by atoms with Crippen LogP contribution in [0.4, 0.5) is 5.69 Å². The molecule has 0 aliphatic carbocycles. The molecule has 0 aliphatic rings. The zero-order valence-corrected chi connectivity index (χ0v) is 9.98. The van der Waals surface area contributed by atoms with Crippen molar-refractivity contribution >= 4 is 23.4 Å². The van der Waals surface area contributed by atoms with Crippen molar-refractivity contribution in [2.45, 2.75) is 0 Å². The van der Waals surface area contributed by atoms with E-state index >= 15 is 0 Å².